The molecule has 1 rings (SSSR count). The van der Waals surface area contributed by atoms with Crippen LogP contribution in [0.1, 0.15) is 161 Å². The van der Waals surface area contributed by atoms with Crippen molar-refractivity contribution in [1.29, 1.82) is 0 Å². The van der Waals surface area contributed by atoms with Crippen LogP contribution in [0.5, 0.6) is 0 Å². The second-order valence-electron chi connectivity index (χ2n) is 10.2. The summed E-state index contributed by atoms with van der Waals surface area (Å²) in [5, 5.41) is 0. The van der Waals surface area contributed by atoms with Gasteiger partial charge in [-0.15, -0.1) is 0 Å². The molecule has 0 amide bonds. The Labute approximate surface area is 202 Å². The summed E-state index contributed by atoms with van der Waals surface area (Å²) in [7, 11) is 0. The summed E-state index contributed by atoms with van der Waals surface area (Å²) in [6.45, 7) is 9.37. The van der Waals surface area contributed by atoms with Gasteiger partial charge in [-0.1, -0.05) is 124 Å². The van der Waals surface area contributed by atoms with Crippen molar-refractivity contribution in [3.05, 3.63) is 18.2 Å². The molecule has 2 nitrogen and oxygen atoms in total. The van der Waals surface area contributed by atoms with Crippen molar-refractivity contribution >= 4 is 0 Å². The third-order valence-corrected chi connectivity index (χ3v) is 7.10. The van der Waals surface area contributed by atoms with Gasteiger partial charge in [-0.05, 0) is 32.1 Å². The molecule has 0 aliphatic heterocycles. The molecule has 0 spiro atoms. The first-order valence-corrected chi connectivity index (χ1v) is 14.9. The van der Waals surface area contributed by atoms with E-state index in [4.69, 9.17) is 0 Å². The second kappa shape index (κ2) is 22.0. The Bertz CT molecular complexity index is 505. The lowest BCUT2D eigenvalue weighted by atomic mass is 10.1. The lowest BCUT2D eigenvalue weighted by Gasteiger charge is -2.07. The van der Waals surface area contributed by atoms with Gasteiger partial charge in [0.15, 0.2) is 0 Å². The number of nitrogens with zero attached hydrogens (tertiary/aromatic N) is 2. The van der Waals surface area contributed by atoms with Crippen LogP contribution >= 0.6 is 0 Å². The Kier molecular flexibility index (Phi) is 20.1. The molecular weight excluding hydrogens is 388 g/mol. The van der Waals surface area contributed by atoms with Crippen LogP contribution in [0, 0.1) is 0 Å². The fourth-order valence-corrected chi connectivity index (χ4v) is 4.91. The molecule has 0 bridgehead atoms. The molecule has 32 heavy (non-hydrogen) atoms. The van der Waals surface area contributed by atoms with Crippen LogP contribution in [0.15, 0.2) is 12.4 Å². The van der Waals surface area contributed by atoms with E-state index in [1.807, 2.05) is 0 Å². The Hall–Kier alpha value is -0.790. The van der Waals surface area contributed by atoms with E-state index in [0.717, 1.165) is 0 Å². The topological polar surface area (TPSA) is 8.81 Å². The minimum absolute atomic E-state index is 1.22. The van der Waals surface area contributed by atoms with Gasteiger partial charge in [0, 0.05) is 6.42 Å². The van der Waals surface area contributed by atoms with E-state index in [0.29, 0.717) is 0 Å². The number of hydrogen-bond donors (Lipinski definition) is 0. The van der Waals surface area contributed by atoms with E-state index >= 15 is 0 Å². The average molecular weight is 448 g/mol. The maximum absolute atomic E-state index is 2.59. The van der Waals surface area contributed by atoms with E-state index in [1.54, 1.807) is 5.82 Å². The van der Waals surface area contributed by atoms with Gasteiger partial charge in [0.25, 0.3) is 5.82 Å². The van der Waals surface area contributed by atoms with Crippen molar-refractivity contribution < 1.29 is 4.57 Å². The molecule has 0 unspecified atom stereocenters. The van der Waals surface area contributed by atoms with Crippen LogP contribution in [-0.2, 0) is 19.5 Å². The van der Waals surface area contributed by atoms with Gasteiger partial charge >= 0.3 is 0 Å². The van der Waals surface area contributed by atoms with Gasteiger partial charge < -0.3 is 0 Å². The van der Waals surface area contributed by atoms with Crippen molar-refractivity contribution in [2.45, 2.75) is 175 Å². The van der Waals surface area contributed by atoms with Gasteiger partial charge in [0.1, 0.15) is 12.4 Å². The Morgan fingerprint density at radius 2 is 0.969 bits per heavy atom. The van der Waals surface area contributed by atoms with E-state index in [2.05, 4.69) is 42.3 Å². The molecule has 0 aromatic carbocycles. The minimum atomic E-state index is 1.22. The average Bonchev–Trinajstić information content (AvgIpc) is 3.19. The molecule has 0 N–H and O–H groups in total. The monoisotopic (exact) mass is 447 g/mol. The maximum Gasteiger partial charge on any atom is 0.256 e. The second-order valence-corrected chi connectivity index (χ2v) is 10.2. The predicted molar refractivity (Wildman–Crippen MR) is 142 cm³/mol. The fourth-order valence-electron chi connectivity index (χ4n) is 4.91. The van der Waals surface area contributed by atoms with Crippen LogP contribution in [0.4, 0.5) is 0 Å². The summed E-state index contributed by atoms with van der Waals surface area (Å²) in [6.07, 6.45) is 35.5. The standard InChI is InChI=1S/C30H59N2/c1-4-7-10-13-15-16-17-18-19-21-24-27-32-29-28-31(26-23-20-14-11-8-5-2)30(32)25-22-12-9-6-3/h28-29H,4-27H2,1-3H3/q+1. The highest BCUT2D eigenvalue weighted by molar-refractivity contribution is 4.84. The van der Waals surface area contributed by atoms with E-state index in [-0.39, 0.29) is 0 Å². The van der Waals surface area contributed by atoms with Crippen LogP contribution in [-0.4, -0.2) is 4.57 Å². The SMILES string of the molecule is CCCCCCCCCCCCCn1cc[n+](CCCCCCCC)c1CCCCCC. The first-order chi connectivity index (χ1) is 15.8. The largest absolute Gasteiger partial charge is 0.256 e. The Morgan fingerprint density at radius 3 is 1.50 bits per heavy atom. The van der Waals surface area contributed by atoms with Gasteiger partial charge in [-0.2, -0.15) is 0 Å². The summed E-state index contributed by atoms with van der Waals surface area (Å²) in [5.41, 5.74) is 0. The van der Waals surface area contributed by atoms with Gasteiger partial charge in [-0.25, -0.2) is 9.13 Å². The summed E-state index contributed by atoms with van der Waals surface area (Å²) in [6, 6.07) is 0. The number of imidazole rings is 1. The molecule has 0 atom stereocenters. The van der Waals surface area contributed by atoms with Crippen molar-refractivity contribution in [3.8, 4) is 0 Å². The maximum atomic E-state index is 2.59. The zero-order valence-corrected chi connectivity index (χ0v) is 22.5. The molecule has 1 heterocycles. The lowest BCUT2D eigenvalue weighted by molar-refractivity contribution is -0.704. The molecule has 0 fully saturated rings. The van der Waals surface area contributed by atoms with E-state index < -0.39 is 0 Å². The third kappa shape index (κ3) is 15.1. The highest BCUT2D eigenvalue weighted by atomic mass is 15.1. The Morgan fingerprint density at radius 1 is 0.531 bits per heavy atom. The fraction of sp³-hybridized carbons (Fsp3) is 0.900. The molecule has 0 aliphatic carbocycles. The summed E-state index contributed by atoms with van der Waals surface area (Å²) in [5.74, 6) is 1.60. The first kappa shape index (κ1) is 29.2. The minimum Gasteiger partial charge on any atom is -0.234 e. The quantitative estimate of drug-likeness (QED) is 0.110. The van der Waals surface area contributed by atoms with Crippen LogP contribution < -0.4 is 4.57 Å². The smallest absolute Gasteiger partial charge is 0.234 e. The molecule has 0 saturated carbocycles. The van der Waals surface area contributed by atoms with Crippen molar-refractivity contribution in [2.24, 2.45) is 0 Å². The zero-order valence-electron chi connectivity index (χ0n) is 22.5. The van der Waals surface area contributed by atoms with Crippen LogP contribution in [0.25, 0.3) is 0 Å². The summed E-state index contributed by atoms with van der Waals surface area (Å²) < 4.78 is 5.18. The van der Waals surface area contributed by atoms with Crippen molar-refractivity contribution in [3.63, 3.8) is 0 Å². The number of rotatable bonds is 24. The zero-order chi connectivity index (χ0) is 23.1. The lowest BCUT2D eigenvalue weighted by Crippen LogP contribution is -2.37. The number of aryl methyl sites for hydroxylation is 2. The molecule has 0 radical (unpaired) electrons. The molecule has 188 valence electrons. The molecule has 1 aromatic rings. The molecule has 2 heteroatoms. The van der Waals surface area contributed by atoms with Crippen LogP contribution in [0.3, 0.4) is 0 Å². The van der Waals surface area contributed by atoms with E-state index in [1.165, 1.54) is 154 Å². The normalized spacial score (nSPS) is 11.5. The molecular formula is C30H59N2+. The summed E-state index contributed by atoms with van der Waals surface area (Å²) >= 11 is 0. The molecule has 1 aromatic heterocycles. The number of unbranched alkanes of at least 4 members (excludes halogenated alkanes) is 18. The number of aromatic nitrogens is 2. The third-order valence-electron chi connectivity index (χ3n) is 7.10. The highest BCUT2D eigenvalue weighted by Crippen LogP contribution is 2.13. The van der Waals surface area contributed by atoms with Gasteiger partial charge in [-0.3, -0.25) is 0 Å². The molecule has 0 aliphatic rings. The first-order valence-electron chi connectivity index (χ1n) is 14.9. The van der Waals surface area contributed by atoms with Crippen molar-refractivity contribution in [2.75, 3.05) is 0 Å². The van der Waals surface area contributed by atoms with Crippen molar-refractivity contribution in [1.82, 2.24) is 4.57 Å². The van der Waals surface area contributed by atoms with Crippen LogP contribution in [0.2, 0.25) is 0 Å². The number of hydrogen-bond acceptors (Lipinski definition) is 0. The molecule has 0 saturated heterocycles. The predicted octanol–water partition coefficient (Wildman–Crippen LogP) is 9.57. The van der Waals surface area contributed by atoms with E-state index in [9.17, 15) is 0 Å². The summed E-state index contributed by atoms with van der Waals surface area (Å²) in [4.78, 5) is 0. The highest BCUT2D eigenvalue weighted by Gasteiger charge is 2.16. The Balaban J connectivity index is 2.28. The van der Waals surface area contributed by atoms with Gasteiger partial charge in [0.2, 0.25) is 0 Å². The van der Waals surface area contributed by atoms with Gasteiger partial charge in [0.05, 0.1) is 13.1 Å².